The topological polar surface area (TPSA) is 85.4 Å². The molecule has 0 aromatic carbocycles. The quantitative estimate of drug-likeness (QED) is 0.515. The highest BCUT2D eigenvalue weighted by Crippen LogP contribution is 2.31. The van der Waals surface area contributed by atoms with Gasteiger partial charge in [-0.25, -0.2) is 14.5 Å². The number of likely N-dealkylation sites (N-methyl/N-ethyl adjacent to an activating group) is 1. The molecule has 0 spiro atoms. The van der Waals surface area contributed by atoms with Crippen LogP contribution in [0.25, 0.3) is 16.8 Å². The van der Waals surface area contributed by atoms with Crippen molar-refractivity contribution < 1.29 is 4.74 Å². The summed E-state index contributed by atoms with van der Waals surface area (Å²) in [5.41, 5.74) is 3.87. The fourth-order valence-electron chi connectivity index (χ4n) is 3.93. The molecular weight excluding hydrogens is 392 g/mol. The molecular formula is C22H26N8O. The average molecular weight is 419 g/mol. The smallest absolute Gasteiger partial charge is 0.165 e. The molecule has 1 unspecified atom stereocenters. The van der Waals surface area contributed by atoms with Crippen molar-refractivity contribution in [2.24, 2.45) is 7.05 Å². The number of nitrogens with zero attached hydrogens (tertiary/aromatic N) is 7. The van der Waals surface area contributed by atoms with Crippen molar-refractivity contribution in [3.63, 3.8) is 0 Å². The zero-order valence-corrected chi connectivity index (χ0v) is 18.2. The number of ether oxygens (including phenoxy) is 1. The minimum atomic E-state index is 0.480. The zero-order valence-electron chi connectivity index (χ0n) is 18.2. The molecule has 0 saturated carbocycles. The Bertz CT molecular complexity index is 1220. The Hall–Kier alpha value is -3.46. The van der Waals surface area contributed by atoms with E-state index in [1.54, 1.807) is 6.20 Å². The van der Waals surface area contributed by atoms with E-state index >= 15 is 0 Å². The normalized spacial score (nSPS) is 16.5. The minimum absolute atomic E-state index is 0.480. The largest absolute Gasteiger partial charge is 0.488 e. The standard InChI is InChI=1S/C22H26N8O/c1-14-9-20(25-15(2)24-14)26-21-11-18-10-16(5-8-30(18)27-21)22-19(12-23-29(22)4)31-13-17-6-7-28(17)3/h5,8-12,17H,6-7,13H2,1-4H3,(H,24,25,26,27). The highest BCUT2D eigenvalue weighted by atomic mass is 16.5. The summed E-state index contributed by atoms with van der Waals surface area (Å²) in [5, 5.41) is 12.3. The maximum Gasteiger partial charge on any atom is 0.165 e. The van der Waals surface area contributed by atoms with Crippen LogP contribution in [-0.4, -0.2) is 60.5 Å². The second-order valence-electron chi connectivity index (χ2n) is 8.10. The van der Waals surface area contributed by atoms with Gasteiger partial charge in [0.25, 0.3) is 0 Å². The summed E-state index contributed by atoms with van der Waals surface area (Å²) in [6, 6.07) is 8.50. The predicted octanol–water partition coefficient (Wildman–Crippen LogP) is 2.97. The van der Waals surface area contributed by atoms with Crippen molar-refractivity contribution in [1.82, 2.24) is 34.3 Å². The molecule has 0 aliphatic carbocycles. The second-order valence-corrected chi connectivity index (χ2v) is 8.10. The molecule has 1 fully saturated rings. The Balaban J connectivity index is 1.41. The lowest BCUT2D eigenvalue weighted by Crippen LogP contribution is -2.48. The van der Waals surface area contributed by atoms with Crippen LogP contribution < -0.4 is 10.1 Å². The Morgan fingerprint density at radius 1 is 1.13 bits per heavy atom. The van der Waals surface area contributed by atoms with Crippen molar-refractivity contribution in [1.29, 1.82) is 0 Å². The van der Waals surface area contributed by atoms with Crippen molar-refractivity contribution in [3.8, 4) is 17.0 Å². The lowest BCUT2D eigenvalue weighted by Gasteiger charge is -2.37. The Kier molecular flexibility index (Phi) is 4.82. The van der Waals surface area contributed by atoms with Crippen molar-refractivity contribution in [2.45, 2.75) is 26.3 Å². The number of anilines is 2. The summed E-state index contributed by atoms with van der Waals surface area (Å²) in [6.45, 7) is 5.64. The summed E-state index contributed by atoms with van der Waals surface area (Å²) in [6.07, 6.45) is 4.92. The van der Waals surface area contributed by atoms with Crippen molar-refractivity contribution in [3.05, 3.63) is 48.2 Å². The molecule has 0 bridgehead atoms. The molecule has 0 radical (unpaired) electrons. The number of likely N-dealkylation sites (tertiary alicyclic amines) is 1. The van der Waals surface area contributed by atoms with E-state index in [1.165, 1.54) is 6.42 Å². The van der Waals surface area contributed by atoms with Crippen LogP contribution in [0, 0.1) is 13.8 Å². The number of nitrogens with one attached hydrogen (secondary N) is 1. The van der Waals surface area contributed by atoms with Gasteiger partial charge in [0.05, 0.1) is 11.7 Å². The van der Waals surface area contributed by atoms with Gasteiger partial charge in [-0.15, -0.1) is 0 Å². The number of aromatic nitrogens is 6. The van der Waals surface area contributed by atoms with E-state index in [-0.39, 0.29) is 0 Å². The van der Waals surface area contributed by atoms with Crippen LogP contribution in [0.4, 0.5) is 11.6 Å². The van der Waals surface area contributed by atoms with Gasteiger partial charge in [0.1, 0.15) is 23.9 Å². The van der Waals surface area contributed by atoms with E-state index in [0.29, 0.717) is 12.6 Å². The molecule has 31 heavy (non-hydrogen) atoms. The van der Waals surface area contributed by atoms with Gasteiger partial charge in [-0.3, -0.25) is 9.58 Å². The van der Waals surface area contributed by atoms with Crippen LogP contribution in [0.1, 0.15) is 17.9 Å². The van der Waals surface area contributed by atoms with Crippen molar-refractivity contribution >= 4 is 17.2 Å². The minimum Gasteiger partial charge on any atom is -0.488 e. The molecule has 1 atom stereocenters. The highest BCUT2D eigenvalue weighted by Gasteiger charge is 2.25. The molecule has 5 heterocycles. The average Bonchev–Trinajstić information content (AvgIpc) is 3.28. The van der Waals surface area contributed by atoms with Gasteiger partial charge in [0, 0.05) is 42.7 Å². The molecule has 0 amide bonds. The summed E-state index contributed by atoms with van der Waals surface area (Å²) < 4.78 is 9.83. The zero-order chi connectivity index (χ0) is 21.5. The number of hydrogen-bond acceptors (Lipinski definition) is 7. The van der Waals surface area contributed by atoms with Crippen LogP contribution in [0.15, 0.2) is 36.7 Å². The number of rotatable bonds is 6. The SMILES string of the molecule is Cc1cc(Nc2cc3cc(-c4c(OCC5CCN5C)cnn4C)ccn3n2)nc(C)n1. The highest BCUT2D eigenvalue weighted by molar-refractivity contribution is 5.72. The predicted molar refractivity (Wildman–Crippen MR) is 119 cm³/mol. The molecule has 4 aromatic rings. The molecule has 1 saturated heterocycles. The molecule has 1 N–H and O–H groups in total. The third-order valence-corrected chi connectivity index (χ3v) is 5.73. The van der Waals surface area contributed by atoms with E-state index < -0.39 is 0 Å². The van der Waals surface area contributed by atoms with E-state index in [2.05, 4.69) is 43.5 Å². The van der Waals surface area contributed by atoms with Crippen LogP contribution in [0.2, 0.25) is 0 Å². The Labute approximate surface area is 180 Å². The lowest BCUT2D eigenvalue weighted by molar-refractivity contribution is 0.0771. The van der Waals surface area contributed by atoms with Gasteiger partial charge in [-0.05, 0) is 46.0 Å². The maximum absolute atomic E-state index is 6.13. The molecule has 4 aromatic heterocycles. The van der Waals surface area contributed by atoms with Crippen LogP contribution in [0.5, 0.6) is 5.75 Å². The first-order valence-corrected chi connectivity index (χ1v) is 10.4. The fourth-order valence-corrected chi connectivity index (χ4v) is 3.93. The molecule has 160 valence electrons. The first-order chi connectivity index (χ1) is 15.0. The molecule has 1 aliphatic rings. The third-order valence-electron chi connectivity index (χ3n) is 5.73. The van der Waals surface area contributed by atoms with E-state index in [0.717, 1.165) is 52.2 Å². The molecule has 9 heteroatoms. The van der Waals surface area contributed by atoms with Gasteiger partial charge in [-0.1, -0.05) is 0 Å². The van der Waals surface area contributed by atoms with Gasteiger partial charge < -0.3 is 10.1 Å². The lowest BCUT2D eigenvalue weighted by atomic mass is 10.1. The van der Waals surface area contributed by atoms with E-state index in [1.807, 2.05) is 54.5 Å². The summed E-state index contributed by atoms with van der Waals surface area (Å²) in [4.78, 5) is 11.1. The molecule has 5 rings (SSSR count). The summed E-state index contributed by atoms with van der Waals surface area (Å²) in [7, 11) is 4.07. The second kappa shape index (κ2) is 7.66. The van der Waals surface area contributed by atoms with Gasteiger partial charge >= 0.3 is 0 Å². The number of pyridine rings is 1. The Morgan fingerprint density at radius 3 is 2.74 bits per heavy atom. The van der Waals surface area contributed by atoms with Crippen LogP contribution in [-0.2, 0) is 7.05 Å². The first kappa shape index (κ1) is 19.5. The number of fused-ring (bicyclic) bond motifs is 1. The van der Waals surface area contributed by atoms with Gasteiger partial charge in [0.2, 0.25) is 0 Å². The van der Waals surface area contributed by atoms with Crippen molar-refractivity contribution in [2.75, 3.05) is 25.5 Å². The van der Waals surface area contributed by atoms with E-state index in [4.69, 9.17) is 4.74 Å². The summed E-state index contributed by atoms with van der Waals surface area (Å²) >= 11 is 0. The van der Waals surface area contributed by atoms with Gasteiger partial charge in [0.15, 0.2) is 11.6 Å². The maximum atomic E-state index is 6.13. The molecule has 9 nitrogen and oxygen atoms in total. The summed E-state index contributed by atoms with van der Waals surface area (Å²) in [5.74, 6) is 2.99. The number of aryl methyl sites for hydroxylation is 3. The Morgan fingerprint density at radius 2 is 2.00 bits per heavy atom. The number of hydrogen-bond donors (Lipinski definition) is 1. The fraction of sp³-hybridized carbons (Fsp3) is 0.364. The monoisotopic (exact) mass is 418 g/mol. The third kappa shape index (κ3) is 3.84. The van der Waals surface area contributed by atoms with Crippen LogP contribution >= 0.6 is 0 Å². The molecule has 1 aliphatic heterocycles. The van der Waals surface area contributed by atoms with E-state index in [9.17, 15) is 0 Å². The first-order valence-electron chi connectivity index (χ1n) is 10.4. The van der Waals surface area contributed by atoms with Crippen LogP contribution in [0.3, 0.4) is 0 Å². The van der Waals surface area contributed by atoms with Gasteiger partial charge in [-0.2, -0.15) is 10.2 Å².